The van der Waals surface area contributed by atoms with E-state index in [-0.39, 0.29) is 6.10 Å². The standard InChI is InChI=1S/C16H27NO5/c1-9(2)12-5-4-10(3)6-14(12)22-16(20)21-11-7-13(15(18)19)17-8-11/h9-14,17H,4-8H2,1-3H3,(H,18,19)/t10-,11+,12+,13-,14-/m0/s1. The highest BCUT2D eigenvalue weighted by molar-refractivity contribution is 5.74. The van der Waals surface area contributed by atoms with Crippen molar-refractivity contribution >= 4 is 12.1 Å². The van der Waals surface area contributed by atoms with Crippen molar-refractivity contribution in [3.05, 3.63) is 0 Å². The lowest BCUT2D eigenvalue weighted by molar-refractivity contribution is -0.139. The second-order valence-electron chi connectivity index (χ2n) is 7.01. The van der Waals surface area contributed by atoms with Crippen LogP contribution in [0.1, 0.15) is 46.5 Å². The number of hydrogen-bond acceptors (Lipinski definition) is 5. The Morgan fingerprint density at radius 2 is 1.91 bits per heavy atom. The van der Waals surface area contributed by atoms with Crippen molar-refractivity contribution in [1.82, 2.24) is 5.32 Å². The normalized spacial score (nSPS) is 35.4. The first-order valence-corrected chi connectivity index (χ1v) is 8.20. The minimum atomic E-state index is -0.916. The number of aliphatic carboxylic acids is 1. The van der Waals surface area contributed by atoms with E-state index in [1.54, 1.807) is 0 Å². The van der Waals surface area contributed by atoms with Gasteiger partial charge in [-0.05, 0) is 30.6 Å². The molecule has 0 amide bonds. The molecule has 6 nitrogen and oxygen atoms in total. The first-order valence-electron chi connectivity index (χ1n) is 8.20. The van der Waals surface area contributed by atoms with Crippen LogP contribution in [0.3, 0.4) is 0 Å². The third-order valence-corrected chi connectivity index (χ3v) is 4.86. The minimum absolute atomic E-state index is 0.0964. The molecule has 0 spiro atoms. The summed E-state index contributed by atoms with van der Waals surface area (Å²) >= 11 is 0. The van der Waals surface area contributed by atoms with Crippen molar-refractivity contribution in [2.75, 3.05) is 6.54 Å². The van der Waals surface area contributed by atoms with Crippen LogP contribution in [0.15, 0.2) is 0 Å². The zero-order valence-corrected chi connectivity index (χ0v) is 13.6. The second kappa shape index (κ2) is 7.31. The summed E-state index contributed by atoms with van der Waals surface area (Å²) in [6, 6.07) is -0.643. The number of nitrogens with one attached hydrogen (secondary N) is 1. The molecule has 0 aromatic heterocycles. The maximum Gasteiger partial charge on any atom is 0.508 e. The Balaban J connectivity index is 1.84. The molecule has 1 heterocycles. The fraction of sp³-hybridized carbons (Fsp3) is 0.875. The predicted molar refractivity (Wildman–Crippen MR) is 80.5 cm³/mol. The van der Waals surface area contributed by atoms with Gasteiger partial charge in [-0.15, -0.1) is 0 Å². The lowest BCUT2D eigenvalue weighted by Crippen LogP contribution is -2.36. The molecule has 2 N–H and O–H groups in total. The average molecular weight is 313 g/mol. The maximum atomic E-state index is 12.0. The van der Waals surface area contributed by atoms with Gasteiger partial charge >= 0.3 is 12.1 Å². The highest BCUT2D eigenvalue weighted by atomic mass is 16.7. The van der Waals surface area contributed by atoms with Gasteiger partial charge in [0.15, 0.2) is 0 Å². The summed E-state index contributed by atoms with van der Waals surface area (Å²) in [5, 5.41) is 11.7. The second-order valence-corrected chi connectivity index (χ2v) is 7.01. The summed E-state index contributed by atoms with van der Waals surface area (Å²) in [6.07, 6.45) is 2.22. The SMILES string of the molecule is CC(C)[C@H]1CC[C@H](C)C[C@@H]1OC(=O)O[C@H]1CN[C@H](C(=O)O)C1. The molecule has 22 heavy (non-hydrogen) atoms. The Bertz CT molecular complexity index is 411. The number of carboxylic acid groups (broad SMARTS) is 1. The van der Waals surface area contributed by atoms with E-state index in [0.717, 1.165) is 12.8 Å². The predicted octanol–water partition coefficient (Wildman–Crippen LogP) is 2.42. The van der Waals surface area contributed by atoms with Gasteiger partial charge in [0.05, 0.1) is 0 Å². The number of carboxylic acids is 1. The fourth-order valence-corrected chi connectivity index (χ4v) is 3.52. The van der Waals surface area contributed by atoms with Crippen molar-refractivity contribution in [3.63, 3.8) is 0 Å². The first-order chi connectivity index (χ1) is 10.4. The van der Waals surface area contributed by atoms with E-state index < -0.39 is 24.3 Å². The van der Waals surface area contributed by atoms with Crippen LogP contribution in [0.25, 0.3) is 0 Å². The van der Waals surface area contributed by atoms with E-state index in [9.17, 15) is 9.59 Å². The molecule has 2 aliphatic rings. The van der Waals surface area contributed by atoms with Gasteiger partial charge in [0, 0.05) is 13.0 Å². The van der Waals surface area contributed by atoms with Gasteiger partial charge in [0.2, 0.25) is 0 Å². The Hall–Kier alpha value is -1.30. The lowest BCUT2D eigenvalue weighted by atomic mass is 9.75. The van der Waals surface area contributed by atoms with Crippen LogP contribution < -0.4 is 5.32 Å². The summed E-state index contributed by atoms with van der Waals surface area (Å²) in [4.78, 5) is 22.9. The summed E-state index contributed by atoms with van der Waals surface area (Å²) in [6.45, 7) is 6.85. The van der Waals surface area contributed by atoms with Gasteiger partial charge in [0.25, 0.3) is 0 Å². The molecule has 0 bridgehead atoms. The molecule has 0 aromatic rings. The first kappa shape index (κ1) is 17.1. The van der Waals surface area contributed by atoms with E-state index >= 15 is 0 Å². The van der Waals surface area contributed by atoms with E-state index in [4.69, 9.17) is 14.6 Å². The zero-order valence-electron chi connectivity index (χ0n) is 13.6. The molecule has 1 saturated heterocycles. The molecule has 0 unspecified atom stereocenters. The number of rotatable bonds is 4. The maximum absolute atomic E-state index is 12.0. The van der Waals surface area contributed by atoms with E-state index in [1.807, 2.05) is 0 Å². The van der Waals surface area contributed by atoms with Crippen LogP contribution in [-0.2, 0) is 14.3 Å². The Morgan fingerprint density at radius 1 is 1.18 bits per heavy atom. The van der Waals surface area contributed by atoms with Gasteiger partial charge in [-0.1, -0.05) is 27.2 Å². The van der Waals surface area contributed by atoms with Crippen molar-refractivity contribution < 1.29 is 24.2 Å². The summed E-state index contributed by atoms with van der Waals surface area (Å²) in [5.74, 6) is 0.477. The van der Waals surface area contributed by atoms with Crippen LogP contribution in [-0.4, -0.2) is 42.0 Å². The van der Waals surface area contributed by atoms with E-state index in [1.165, 1.54) is 6.42 Å². The number of hydrogen-bond donors (Lipinski definition) is 2. The molecule has 0 radical (unpaired) electrons. The molecule has 2 fully saturated rings. The highest BCUT2D eigenvalue weighted by Crippen LogP contribution is 2.35. The quantitative estimate of drug-likeness (QED) is 0.775. The van der Waals surface area contributed by atoms with Crippen molar-refractivity contribution in [2.45, 2.75) is 64.7 Å². The van der Waals surface area contributed by atoms with Crippen LogP contribution in [0.4, 0.5) is 4.79 Å². The molecule has 126 valence electrons. The largest absolute Gasteiger partial charge is 0.508 e. The van der Waals surface area contributed by atoms with E-state index in [0.29, 0.717) is 30.7 Å². The third kappa shape index (κ3) is 4.35. The van der Waals surface area contributed by atoms with Crippen LogP contribution >= 0.6 is 0 Å². The fourth-order valence-electron chi connectivity index (χ4n) is 3.52. The topological polar surface area (TPSA) is 84.9 Å². The monoisotopic (exact) mass is 313 g/mol. The summed E-state index contributed by atoms with van der Waals surface area (Å²) in [5.41, 5.74) is 0. The zero-order chi connectivity index (χ0) is 16.3. The Morgan fingerprint density at radius 3 is 2.50 bits per heavy atom. The molecule has 2 rings (SSSR count). The molecule has 1 saturated carbocycles. The lowest BCUT2D eigenvalue weighted by Gasteiger charge is -2.36. The van der Waals surface area contributed by atoms with Crippen molar-refractivity contribution in [3.8, 4) is 0 Å². The Labute approximate surface area is 131 Å². The molecular weight excluding hydrogens is 286 g/mol. The smallest absolute Gasteiger partial charge is 0.480 e. The van der Waals surface area contributed by atoms with Gasteiger partial charge in [-0.2, -0.15) is 0 Å². The number of carbonyl (C=O) groups is 2. The molecule has 1 aliphatic heterocycles. The van der Waals surface area contributed by atoms with Gasteiger partial charge in [-0.25, -0.2) is 4.79 Å². The van der Waals surface area contributed by atoms with Gasteiger partial charge in [-0.3, -0.25) is 4.79 Å². The minimum Gasteiger partial charge on any atom is -0.480 e. The van der Waals surface area contributed by atoms with Gasteiger partial charge < -0.3 is 19.9 Å². The molecule has 1 aliphatic carbocycles. The van der Waals surface area contributed by atoms with Gasteiger partial charge in [0.1, 0.15) is 18.2 Å². The van der Waals surface area contributed by atoms with Crippen LogP contribution in [0, 0.1) is 17.8 Å². The van der Waals surface area contributed by atoms with E-state index in [2.05, 4.69) is 26.1 Å². The molecular formula is C16H27NO5. The number of ether oxygens (including phenoxy) is 2. The Kier molecular flexibility index (Phi) is 5.67. The van der Waals surface area contributed by atoms with Crippen LogP contribution in [0.2, 0.25) is 0 Å². The summed E-state index contributed by atoms with van der Waals surface area (Å²) < 4.78 is 10.8. The van der Waals surface area contributed by atoms with Crippen molar-refractivity contribution in [1.29, 1.82) is 0 Å². The summed E-state index contributed by atoms with van der Waals surface area (Å²) in [7, 11) is 0. The van der Waals surface area contributed by atoms with Crippen molar-refractivity contribution in [2.24, 2.45) is 17.8 Å². The molecule has 5 atom stereocenters. The molecule has 0 aromatic carbocycles. The average Bonchev–Trinajstić information content (AvgIpc) is 2.86. The molecule has 6 heteroatoms. The van der Waals surface area contributed by atoms with Crippen LogP contribution in [0.5, 0.6) is 0 Å². The third-order valence-electron chi connectivity index (χ3n) is 4.86. The number of carbonyl (C=O) groups excluding carboxylic acids is 1. The highest BCUT2D eigenvalue weighted by Gasteiger charge is 2.36.